The van der Waals surface area contributed by atoms with Crippen LogP contribution in [0, 0.1) is 27.7 Å². The molecule has 0 bridgehead atoms. The SMILES string of the molecule is CC(=O)N1CCc2ccc(Nc3ncc4c(Nc5c(C)cccc5C)nn(C)c4n3)cc2C1.Cc1cccc(C)c1Nc1nn(C)c2nc(Nc3ccc4c(c3)CNCC4)ncc12. The highest BCUT2D eigenvalue weighted by Crippen LogP contribution is 2.31. The molecule has 320 valence electrons. The first-order chi connectivity index (χ1) is 30.5. The van der Waals surface area contributed by atoms with Gasteiger partial charge in [0.15, 0.2) is 22.9 Å². The van der Waals surface area contributed by atoms with Crippen LogP contribution in [0.25, 0.3) is 22.1 Å². The molecule has 8 aromatic rings. The smallest absolute Gasteiger partial charge is 0.229 e. The quantitative estimate of drug-likeness (QED) is 0.0992. The van der Waals surface area contributed by atoms with Gasteiger partial charge in [0.1, 0.15) is 0 Å². The van der Waals surface area contributed by atoms with Crippen LogP contribution in [-0.2, 0) is 44.8 Å². The number of hydrogen-bond acceptors (Lipinski definition) is 12. The van der Waals surface area contributed by atoms with Crippen LogP contribution < -0.4 is 26.6 Å². The van der Waals surface area contributed by atoms with E-state index in [1.54, 1.807) is 22.5 Å². The summed E-state index contributed by atoms with van der Waals surface area (Å²) < 4.78 is 3.55. The lowest BCUT2D eigenvalue weighted by Crippen LogP contribution is -2.34. The first-order valence-electron chi connectivity index (χ1n) is 21.3. The highest BCUT2D eigenvalue weighted by molar-refractivity contribution is 5.91. The second kappa shape index (κ2) is 17.2. The zero-order valence-corrected chi connectivity index (χ0v) is 36.8. The molecule has 0 aliphatic carbocycles. The Morgan fingerprint density at radius 3 is 1.62 bits per heavy atom. The fourth-order valence-electron chi connectivity index (χ4n) is 8.36. The molecule has 4 aromatic heterocycles. The number of benzene rings is 4. The number of fused-ring (bicyclic) bond motifs is 4. The van der Waals surface area contributed by atoms with Crippen LogP contribution in [0.4, 0.5) is 46.3 Å². The lowest BCUT2D eigenvalue weighted by atomic mass is 9.99. The van der Waals surface area contributed by atoms with E-state index in [0.717, 1.165) is 106 Å². The zero-order chi connectivity index (χ0) is 43.8. The summed E-state index contributed by atoms with van der Waals surface area (Å²) >= 11 is 0. The molecule has 2 aliphatic heterocycles. The molecule has 2 aliphatic rings. The summed E-state index contributed by atoms with van der Waals surface area (Å²) in [6, 6.07) is 25.1. The van der Waals surface area contributed by atoms with Crippen molar-refractivity contribution in [3.63, 3.8) is 0 Å². The first kappa shape index (κ1) is 41.0. The first-order valence-corrected chi connectivity index (χ1v) is 21.3. The monoisotopic (exact) mass is 840 g/mol. The fourth-order valence-corrected chi connectivity index (χ4v) is 8.36. The number of nitrogens with zero attached hydrogens (tertiary/aromatic N) is 9. The number of aromatic nitrogens is 8. The van der Waals surface area contributed by atoms with Crippen molar-refractivity contribution >= 4 is 74.3 Å². The van der Waals surface area contributed by atoms with Crippen molar-refractivity contribution in [3.05, 3.63) is 130 Å². The summed E-state index contributed by atoms with van der Waals surface area (Å²) in [5, 5.41) is 28.0. The van der Waals surface area contributed by atoms with Gasteiger partial charge >= 0.3 is 0 Å². The summed E-state index contributed by atoms with van der Waals surface area (Å²) in [6.07, 6.45) is 5.57. The normalized spacial score (nSPS) is 13.2. The molecule has 0 unspecified atom stereocenters. The standard InChI is InChI=1S/C25H27N7O.C23H25N7/c1-15-6-5-7-16(2)22(15)28-23-21-13-26-25(29-24(21)31(4)30-23)27-20-9-8-18-10-11-32(17(3)33)14-19(18)12-20;1-14-5-4-6-15(2)20(14)27-21-19-13-25-23(28-22(19)30(3)29-21)26-18-8-7-16-9-10-24-12-17(16)11-18/h5-9,12-13H,10-11,14H2,1-4H3,(H,28,30)(H,26,27,29);4-8,11,13,24H,9-10,12H2,1-3H3,(H,27,29)(H,25,26,28). The summed E-state index contributed by atoms with van der Waals surface area (Å²) in [5.74, 6) is 2.66. The Hall–Kier alpha value is -7.39. The van der Waals surface area contributed by atoms with Gasteiger partial charge in [0.2, 0.25) is 17.8 Å². The van der Waals surface area contributed by atoms with Crippen LogP contribution in [0.15, 0.2) is 85.2 Å². The molecule has 0 saturated heterocycles. The number of amides is 1. The highest BCUT2D eigenvalue weighted by Gasteiger charge is 2.20. The van der Waals surface area contributed by atoms with Crippen molar-refractivity contribution in [2.75, 3.05) is 34.4 Å². The number of rotatable bonds is 8. The van der Waals surface area contributed by atoms with Crippen molar-refractivity contribution in [1.29, 1.82) is 0 Å². The van der Waals surface area contributed by atoms with Crippen molar-refractivity contribution in [3.8, 4) is 0 Å². The number of hydrogen-bond donors (Lipinski definition) is 5. The van der Waals surface area contributed by atoms with Gasteiger partial charge in [-0.2, -0.15) is 20.2 Å². The molecule has 15 heteroatoms. The number of anilines is 8. The summed E-state index contributed by atoms with van der Waals surface area (Å²) in [4.78, 5) is 32.1. The van der Waals surface area contributed by atoms with Crippen LogP contribution >= 0.6 is 0 Å². The van der Waals surface area contributed by atoms with Crippen molar-refractivity contribution < 1.29 is 4.79 Å². The van der Waals surface area contributed by atoms with Crippen LogP contribution in [-0.4, -0.2) is 63.4 Å². The van der Waals surface area contributed by atoms with Crippen LogP contribution in [0.2, 0.25) is 0 Å². The molecule has 63 heavy (non-hydrogen) atoms. The third-order valence-electron chi connectivity index (χ3n) is 11.9. The van der Waals surface area contributed by atoms with Gasteiger partial charge in [-0.05, 0) is 116 Å². The summed E-state index contributed by atoms with van der Waals surface area (Å²) in [7, 11) is 3.78. The number of nitrogens with one attached hydrogen (secondary N) is 5. The van der Waals surface area contributed by atoms with Crippen molar-refractivity contribution in [1.82, 2.24) is 49.7 Å². The maximum atomic E-state index is 11.8. The van der Waals surface area contributed by atoms with E-state index in [4.69, 9.17) is 9.97 Å². The maximum absolute atomic E-state index is 11.8. The fraction of sp³-hybridized carbons (Fsp3) is 0.271. The molecular formula is C48H52N14O. The molecule has 10 rings (SSSR count). The molecule has 5 N–H and O–H groups in total. The van der Waals surface area contributed by atoms with E-state index in [9.17, 15) is 4.79 Å². The molecule has 15 nitrogen and oxygen atoms in total. The number of para-hydroxylation sites is 2. The molecule has 0 radical (unpaired) electrons. The van der Waals surface area contributed by atoms with E-state index in [1.165, 1.54) is 27.8 Å². The van der Waals surface area contributed by atoms with Crippen LogP contribution in [0.3, 0.4) is 0 Å². The number of aryl methyl sites for hydroxylation is 6. The van der Waals surface area contributed by atoms with Gasteiger partial charge in [-0.3, -0.25) is 4.79 Å². The van der Waals surface area contributed by atoms with E-state index in [-0.39, 0.29) is 5.91 Å². The topological polar surface area (TPSA) is 168 Å². The largest absolute Gasteiger partial charge is 0.338 e. The van der Waals surface area contributed by atoms with Gasteiger partial charge in [0.05, 0.1) is 10.8 Å². The lowest BCUT2D eigenvalue weighted by molar-refractivity contribution is -0.129. The van der Waals surface area contributed by atoms with Crippen molar-refractivity contribution in [2.45, 2.75) is 60.5 Å². The Bertz CT molecular complexity index is 2980. The molecule has 0 atom stereocenters. The van der Waals surface area contributed by atoms with E-state index >= 15 is 0 Å². The maximum Gasteiger partial charge on any atom is 0.229 e. The highest BCUT2D eigenvalue weighted by atomic mass is 16.2. The second-order valence-electron chi connectivity index (χ2n) is 16.4. The molecule has 1 amide bonds. The predicted molar refractivity (Wildman–Crippen MR) is 251 cm³/mol. The average molecular weight is 841 g/mol. The van der Waals surface area contributed by atoms with Gasteiger partial charge in [0, 0.05) is 75.8 Å². The minimum absolute atomic E-state index is 0.106. The minimum Gasteiger partial charge on any atom is -0.338 e. The van der Waals surface area contributed by atoms with Gasteiger partial charge in [-0.25, -0.2) is 19.3 Å². The summed E-state index contributed by atoms with van der Waals surface area (Å²) in [6.45, 7) is 13.3. The molecular weight excluding hydrogens is 789 g/mol. The Labute approximate surface area is 366 Å². The predicted octanol–water partition coefficient (Wildman–Crippen LogP) is 8.48. The van der Waals surface area contributed by atoms with Crippen molar-refractivity contribution in [2.24, 2.45) is 14.1 Å². The Balaban J connectivity index is 0.000000161. The van der Waals surface area contributed by atoms with E-state index in [1.807, 2.05) is 37.3 Å². The number of carbonyl (C=O) groups excluding carboxylic acids is 1. The second-order valence-corrected chi connectivity index (χ2v) is 16.4. The zero-order valence-electron chi connectivity index (χ0n) is 36.8. The third kappa shape index (κ3) is 8.60. The Kier molecular flexibility index (Phi) is 11.2. The minimum atomic E-state index is 0.106. The molecule has 6 heterocycles. The lowest BCUT2D eigenvalue weighted by Gasteiger charge is -2.28. The third-order valence-corrected chi connectivity index (χ3v) is 11.9. The average Bonchev–Trinajstić information content (AvgIpc) is 3.76. The van der Waals surface area contributed by atoms with Crippen LogP contribution in [0.1, 0.15) is 51.4 Å². The van der Waals surface area contributed by atoms with Gasteiger partial charge in [0.25, 0.3) is 0 Å². The molecule has 0 fully saturated rings. The Morgan fingerprint density at radius 2 is 1.11 bits per heavy atom. The van der Waals surface area contributed by atoms with Gasteiger partial charge in [-0.15, -0.1) is 0 Å². The van der Waals surface area contributed by atoms with E-state index in [0.29, 0.717) is 18.4 Å². The number of carbonyl (C=O) groups is 1. The van der Waals surface area contributed by atoms with Crippen LogP contribution in [0.5, 0.6) is 0 Å². The summed E-state index contributed by atoms with van der Waals surface area (Å²) in [5.41, 5.74) is 15.4. The van der Waals surface area contributed by atoms with Gasteiger partial charge < -0.3 is 31.5 Å². The van der Waals surface area contributed by atoms with E-state index < -0.39 is 0 Å². The molecule has 0 spiro atoms. The molecule has 0 saturated carbocycles. The Morgan fingerprint density at radius 1 is 0.619 bits per heavy atom. The van der Waals surface area contributed by atoms with Gasteiger partial charge in [-0.1, -0.05) is 48.5 Å². The molecule has 4 aromatic carbocycles. The van der Waals surface area contributed by atoms with E-state index in [2.05, 4.69) is 135 Å².